The summed E-state index contributed by atoms with van der Waals surface area (Å²) >= 11 is 0. The van der Waals surface area contributed by atoms with Crippen molar-refractivity contribution >= 4 is 0 Å². The summed E-state index contributed by atoms with van der Waals surface area (Å²) in [6, 6.07) is 0. The molecule has 14 heavy (non-hydrogen) atoms. The third-order valence-electron chi connectivity index (χ3n) is 3.15. The summed E-state index contributed by atoms with van der Waals surface area (Å²) in [7, 11) is 0. The number of likely N-dealkylation sites (tertiary alicyclic amines) is 1. The smallest absolute Gasteiger partial charge is 0.0558 e. The molecule has 84 valence electrons. The van der Waals surface area contributed by atoms with Crippen molar-refractivity contribution in [2.75, 3.05) is 39.5 Å². The highest BCUT2D eigenvalue weighted by Gasteiger charge is 2.38. The fraction of sp³-hybridized carbons (Fsp3) is 1.00. The molecule has 1 heterocycles. The molecule has 0 radical (unpaired) electrons. The molecule has 3 nitrogen and oxygen atoms in total. The van der Waals surface area contributed by atoms with Gasteiger partial charge >= 0.3 is 0 Å². The van der Waals surface area contributed by atoms with E-state index in [0.717, 1.165) is 32.8 Å². The van der Waals surface area contributed by atoms with Crippen LogP contribution in [0.4, 0.5) is 0 Å². The van der Waals surface area contributed by atoms with E-state index in [9.17, 15) is 0 Å². The average molecular weight is 201 g/mol. The maximum Gasteiger partial charge on any atom is 0.0558 e. The highest BCUT2D eigenvalue weighted by atomic mass is 16.5. The molecule has 0 amide bonds. The molecule has 1 atom stereocenters. The molecule has 3 heteroatoms. The number of nitrogens with zero attached hydrogens (tertiary/aromatic N) is 1. The van der Waals surface area contributed by atoms with Crippen molar-refractivity contribution < 1.29 is 9.84 Å². The number of ether oxygens (including phenoxy) is 1. The second-order valence-electron chi connectivity index (χ2n) is 4.80. The van der Waals surface area contributed by atoms with Crippen LogP contribution in [-0.4, -0.2) is 49.5 Å². The van der Waals surface area contributed by atoms with Crippen LogP contribution in [0.2, 0.25) is 0 Å². The molecule has 0 aromatic carbocycles. The van der Waals surface area contributed by atoms with E-state index in [1.54, 1.807) is 0 Å². The minimum atomic E-state index is 0.261. The van der Waals surface area contributed by atoms with E-state index < -0.39 is 0 Å². The minimum Gasteiger partial charge on any atom is -0.395 e. The summed E-state index contributed by atoms with van der Waals surface area (Å²) in [5.74, 6) is 0.606. The summed E-state index contributed by atoms with van der Waals surface area (Å²) in [4.78, 5) is 2.32. The Kier molecular flexibility index (Phi) is 4.35. The van der Waals surface area contributed by atoms with Crippen molar-refractivity contribution in [2.45, 2.75) is 20.8 Å². The molecule has 1 aliphatic heterocycles. The van der Waals surface area contributed by atoms with Gasteiger partial charge in [-0.1, -0.05) is 13.8 Å². The lowest BCUT2D eigenvalue weighted by molar-refractivity contribution is 0.0795. The molecule has 0 unspecified atom stereocenters. The average Bonchev–Trinajstić information content (AvgIpc) is 2.38. The zero-order chi connectivity index (χ0) is 10.6. The van der Waals surface area contributed by atoms with Crippen molar-refractivity contribution in [1.82, 2.24) is 4.90 Å². The number of β-amino-alcohol motifs (C(OH)–C–C–N with tert-alkyl or cyclic N) is 1. The molecule has 0 bridgehead atoms. The molecular weight excluding hydrogens is 178 g/mol. The van der Waals surface area contributed by atoms with Gasteiger partial charge in [0.05, 0.1) is 13.2 Å². The van der Waals surface area contributed by atoms with E-state index in [2.05, 4.69) is 18.7 Å². The van der Waals surface area contributed by atoms with Crippen LogP contribution in [0, 0.1) is 11.3 Å². The molecule has 0 spiro atoms. The van der Waals surface area contributed by atoms with E-state index in [1.807, 2.05) is 6.92 Å². The van der Waals surface area contributed by atoms with Crippen LogP contribution in [0.25, 0.3) is 0 Å². The van der Waals surface area contributed by atoms with Crippen LogP contribution in [0.3, 0.4) is 0 Å². The lowest BCUT2D eigenvalue weighted by Crippen LogP contribution is -2.26. The maximum absolute atomic E-state index is 8.89. The van der Waals surface area contributed by atoms with Crippen molar-refractivity contribution in [3.05, 3.63) is 0 Å². The molecule has 1 aliphatic rings. The summed E-state index contributed by atoms with van der Waals surface area (Å²) in [5, 5.41) is 8.89. The number of hydrogen-bond donors (Lipinski definition) is 1. The molecular formula is C11H23NO2. The first-order chi connectivity index (χ1) is 6.60. The topological polar surface area (TPSA) is 32.7 Å². The van der Waals surface area contributed by atoms with Crippen molar-refractivity contribution in [1.29, 1.82) is 0 Å². The SMILES string of the molecule is CCOC[C@@H]1CN(CCO)CC1(C)C. The number of rotatable bonds is 5. The fourth-order valence-corrected chi connectivity index (χ4v) is 2.18. The van der Waals surface area contributed by atoms with E-state index in [4.69, 9.17) is 9.84 Å². The predicted octanol–water partition coefficient (Wildman–Crippen LogP) is 0.973. The first-order valence-corrected chi connectivity index (χ1v) is 5.51. The standard InChI is InChI=1S/C11H23NO2/c1-4-14-8-10-7-12(5-6-13)9-11(10,2)3/h10,13H,4-9H2,1-3H3/t10-/m0/s1. The van der Waals surface area contributed by atoms with Crippen molar-refractivity contribution in [3.8, 4) is 0 Å². The summed E-state index contributed by atoms with van der Waals surface area (Å²) < 4.78 is 5.49. The Morgan fingerprint density at radius 1 is 1.50 bits per heavy atom. The highest BCUT2D eigenvalue weighted by Crippen LogP contribution is 2.34. The first-order valence-electron chi connectivity index (χ1n) is 5.51. The molecule has 1 N–H and O–H groups in total. The Balaban J connectivity index is 2.42. The second-order valence-corrected chi connectivity index (χ2v) is 4.80. The molecule has 0 saturated carbocycles. The van der Waals surface area contributed by atoms with E-state index >= 15 is 0 Å². The Hall–Kier alpha value is -0.120. The van der Waals surface area contributed by atoms with Gasteiger partial charge in [0.15, 0.2) is 0 Å². The zero-order valence-corrected chi connectivity index (χ0v) is 9.62. The maximum atomic E-state index is 8.89. The highest BCUT2D eigenvalue weighted by molar-refractivity contribution is 4.90. The Labute approximate surface area is 87.1 Å². The third kappa shape index (κ3) is 2.94. The summed E-state index contributed by atoms with van der Waals surface area (Å²) in [6.07, 6.45) is 0. The fourth-order valence-electron chi connectivity index (χ4n) is 2.18. The lowest BCUT2D eigenvalue weighted by atomic mass is 9.83. The summed E-state index contributed by atoms with van der Waals surface area (Å²) in [5.41, 5.74) is 0.324. The van der Waals surface area contributed by atoms with Gasteiger partial charge in [-0.05, 0) is 12.3 Å². The van der Waals surface area contributed by atoms with Gasteiger partial charge in [-0.15, -0.1) is 0 Å². The molecule has 1 saturated heterocycles. The van der Waals surface area contributed by atoms with Crippen LogP contribution < -0.4 is 0 Å². The van der Waals surface area contributed by atoms with Crippen LogP contribution >= 0.6 is 0 Å². The van der Waals surface area contributed by atoms with Gasteiger partial charge < -0.3 is 14.7 Å². The van der Waals surface area contributed by atoms with Gasteiger partial charge in [0, 0.05) is 32.2 Å². The monoisotopic (exact) mass is 201 g/mol. The lowest BCUT2D eigenvalue weighted by Gasteiger charge is -2.25. The van der Waals surface area contributed by atoms with E-state index in [-0.39, 0.29) is 6.61 Å². The van der Waals surface area contributed by atoms with Crippen LogP contribution in [-0.2, 0) is 4.74 Å². The first kappa shape index (κ1) is 12.0. The Morgan fingerprint density at radius 2 is 2.21 bits per heavy atom. The van der Waals surface area contributed by atoms with Crippen molar-refractivity contribution in [2.24, 2.45) is 11.3 Å². The van der Waals surface area contributed by atoms with Crippen LogP contribution in [0.1, 0.15) is 20.8 Å². The third-order valence-corrected chi connectivity index (χ3v) is 3.15. The second kappa shape index (κ2) is 5.10. The van der Waals surface area contributed by atoms with E-state index in [0.29, 0.717) is 11.3 Å². The van der Waals surface area contributed by atoms with Gasteiger partial charge in [-0.2, -0.15) is 0 Å². The van der Waals surface area contributed by atoms with Gasteiger partial charge in [0.25, 0.3) is 0 Å². The molecule has 0 aliphatic carbocycles. The van der Waals surface area contributed by atoms with Crippen LogP contribution in [0.15, 0.2) is 0 Å². The van der Waals surface area contributed by atoms with Crippen LogP contribution in [0.5, 0.6) is 0 Å². The largest absolute Gasteiger partial charge is 0.395 e. The number of hydrogen-bond acceptors (Lipinski definition) is 3. The molecule has 1 fully saturated rings. The van der Waals surface area contributed by atoms with Gasteiger partial charge in [0.2, 0.25) is 0 Å². The van der Waals surface area contributed by atoms with Crippen molar-refractivity contribution in [3.63, 3.8) is 0 Å². The molecule has 0 aromatic rings. The number of aliphatic hydroxyl groups is 1. The normalized spacial score (nSPS) is 27.0. The summed E-state index contributed by atoms with van der Waals surface area (Å²) in [6.45, 7) is 11.5. The van der Waals surface area contributed by atoms with Gasteiger partial charge in [0.1, 0.15) is 0 Å². The molecule has 0 aromatic heterocycles. The zero-order valence-electron chi connectivity index (χ0n) is 9.62. The molecule has 1 rings (SSSR count). The predicted molar refractivity (Wildman–Crippen MR) is 57.3 cm³/mol. The quantitative estimate of drug-likeness (QED) is 0.719. The van der Waals surface area contributed by atoms with Gasteiger partial charge in [-0.3, -0.25) is 0 Å². The number of aliphatic hydroxyl groups excluding tert-OH is 1. The Morgan fingerprint density at radius 3 is 2.79 bits per heavy atom. The minimum absolute atomic E-state index is 0.261. The Bertz CT molecular complexity index is 171. The van der Waals surface area contributed by atoms with Gasteiger partial charge in [-0.25, -0.2) is 0 Å². The van der Waals surface area contributed by atoms with E-state index in [1.165, 1.54) is 0 Å².